The Morgan fingerprint density at radius 1 is 1.32 bits per heavy atom. The summed E-state index contributed by atoms with van der Waals surface area (Å²) in [4.78, 5) is 27.9. The van der Waals surface area contributed by atoms with E-state index in [1.165, 1.54) is 24.3 Å². The van der Waals surface area contributed by atoms with Crippen molar-refractivity contribution in [2.45, 2.75) is 44.6 Å². The number of carbonyl (C=O) groups excluding carboxylic acids is 1. The summed E-state index contributed by atoms with van der Waals surface area (Å²) in [5.74, 6) is 1.24. The van der Waals surface area contributed by atoms with Crippen LogP contribution < -0.4 is 15.4 Å². The number of nitrogens with one attached hydrogen (secondary N) is 2. The number of anilines is 1. The van der Waals surface area contributed by atoms with Crippen LogP contribution in [0.15, 0.2) is 52.6 Å². The van der Waals surface area contributed by atoms with Gasteiger partial charge in [-0.25, -0.2) is 15.0 Å². The first kappa shape index (κ1) is 25.0. The molecule has 1 aliphatic heterocycles. The van der Waals surface area contributed by atoms with E-state index in [1.807, 2.05) is 37.3 Å². The standard InChI is InChI=1S/C23H24N10O5/c1-12-6-15(38-31-12)9-36-14-5-3-4-13(7-14)8-26-20-17-21(28-10-27-20)33(11-29-17)23-18(34)16(30-32-24)19(37-23)22(35)25-2/h3-7,10-11,16,18-19,23,34H,8-9H2,1-2H3,(H,25,35)(H,26,27,28). The third kappa shape index (κ3) is 4.93. The van der Waals surface area contributed by atoms with Crippen LogP contribution in [0, 0.1) is 6.92 Å². The molecule has 1 amide bonds. The van der Waals surface area contributed by atoms with E-state index in [-0.39, 0.29) is 6.61 Å². The number of likely N-dealkylation sites (N-methyl/N-ethyl adjacent to an activating group) is 1. The number of ether oxygens (including phenoxy) is 2. The molecule has 0 spiro atoms. The molecular weight excluding hydrogens is 496 g/mol. The van der Waals surface area contributed by atoms with Crippen LogP contribution >= 0.6 is 0 Å². The van der Waals surface area contributed by atoms with Gasteiger partial charge in [0.15, 0.2) is 29.0 Å². The molecule has 0 bridgehead atoms. The van der Waals surface area contributed by atoms with Crippen LogP contribution in [0.1, 0.15) is 23.2 Å². The van der Waals surface area contributed by atoms with Gasteiger partial charge in [-0.1, -0.05) is 22.4 Å². The largest absolute Gasteiger partial charge is 0.486 e. The highest BCUT2D eigenvalue weighted by atomic mass is 16.5. The lowest BCUT2D eigenvalue weighted by atomic mass is 10.1. The highest BCUT2D eigenvalue weighted by Crippen LogP contribution is 2.34. The number of hydrogen-bond acceptors (Lipinski definition) is 11. The van der Waals surface area contributed by atoms with Gasteiger partial charge >= 0.3 is 0 Å². The number of azide groups is 1. The summed E-state index contributed by atoms with van der Waals surface area (Å²) in [6.45, 7) is 2.52. The minimum atomic E-state index is -1.31. The summed E-state index contributed by atoms with van der Waals surface area (Å²) in [5.41, 5.74) is 11.4. The Morgan fingerprint density at radius 2 is 2.18 bits per heavy atom. The lowest BCUT2D eigenvalue weighted by Gasteiger charge is -2.16. The summed E-state index contributed by atoms with van der Waals surface area (Å²) in [7, 11) is 1.43. The first-order chi connectivity index (χ1) is 18.5. The van der Waals surface area contributed by atoms with Crippen LogP contribution in [0.5, 0.6) is 5.75 Å². The Balaban J connectivity index is 1.31. The van der Waals surface area contributed by atoms with Crippen LogP contribution in [-0.2, 0) is 22.7 Å². The molecule has 1 aliphatic rings. The predicted octanol–water partition coefficient (Wildman–Crippen LogP) is 2.00. The molecule has 4 heterocycles. The molecule has 5 rings (SSSR count). The van der Waals surface area contributed by atoms with Gasteiger partial charge in [0.2, 0.25) is 5.91 Å². The summed E-state index contributed by atoms with van der Waals surface area (Å²) < 4.78 is 18.2. The Morgan fingerprint density at radius 3 is 2.95 bits per heavy atom. The van der Waals surface area contributed by atoms with Crippen LogP contribution in [0.3, 0.4) is 0 Å². The van der Waals surface area contributed by atoms with Crippen LogP contribution in [0.2, 0.25) is 0 Å². The molecule has 3 N–H and O–H groups in total. The Labute approximate surface area is 215 Å². The zero-order valence-corrected chi connectivity index (χ0v) is 20.4. The molecule has 0 saturated carbocycles. The maximum Gasteiger partial charge on any atom is 0.249 e. The number of imidazole rings is 1. The molecule has 4 atom stereocenters. The van der Waals surface area contributed by atoms with Gasteiger partial charge in [0.05, 0.1) is 12.0 Å². The van der Waals surface area contributed by atoms with Crippen molar-refractivity contribution in [3.8, 4) is 5.75 Å². The van der Waals surface area contributed by atoms with Crippen LogP contribution in [0.4, 0.5) is 5.82 Å². The van der Waals surface area contributed by atoms with E-state index in [4.69, 9.17) is 19.5 Å². The van der Waals surface area contributed by atoms with Gasteiger partial charge in [0.1, 0.15) is 36.9 Å². The molecule has 1 saturated heterocycles. The number of carbonyl (C=O) groups is 1. The van der Waals surface area contributed by atoms with E-state index in [2.05, 4.69) is 40.8 Å². The Hall–Kier alpha value is -4.72. The molecule has 1 aromatic carbocycles. The number of benzene rings is 1. The summed E-state index contributed by atoms with van der Waals surface area (Å²) in [6.07, 6.45) is -0.750. The van der Waals surface area contributed by atoms with Gasteiger partial charge in [0, 0.05) is 24.6 Å². The first-order valence-electron chi connectivity index (χ1n) is 11.6. The van der Waals surface area contributed by atoms with Crippen molar-refractivity contribution in [3.05, 3.63) is 70.4 Å². The highest BCUT2D eigenvalue weighted by Gasteiger charge is 2.48. The summed E-state index contributed by atoms with van der Waals surface area (Å²) in [6, 6.07) is 8.25. The smallest absolute Gasteiger partial charge is 0.249 e. The molecule has 15 nitrogen and oxygen atoms in total. The molecule has 0 radical (unpaired) electrons. The number of aliphatic hydroxyl groups is 1. The van der Waals surface area contributed by atoms with Crippen molar-refractivity contribution in [3.63, 3.8) is 0 Å². The zero-order valence-electron chi connectivity index (χ0n) is 20.4. The fraction of sp³-hybridized carbons (Fsp3) is 0.348. The zero-order chi connectivity index (χ0) is 26.6. The van der Waals surface area contributed by atoms with Gasteiger partial charge in [0.25, 0.3) is 0 Å². The third-order valence-corrected chi connectivity index (χ3v) is 5.98. The second-order valence-electron chi connectivity index (χ2n) is 8.52. The Bertz CT molecular complexity index is 1500. The van der Waals surface area contributed by atoms with Crippen molar-refractivity contribution in [2.75, 3.05) is 12.4 Å². The number of nitrogens with zero attached hydrogens (tertiary/aromatic N) is 8. The van der Waals surface area contributed by atoms with Gasteiger partial charge in [-0.15, -0.1) is 0 Å². The molecule has 4 aromatic rings. The molecule has 196 valence electrons. The minimum Gasteiger partial charge on any atom is -0.486 e. The normalized spacial score (nSPS) is 20.7. The van der Waals surface area contributed by atoms with E-state index in [0.717, 1.165) is 11.3 Å². The van der Waals surface area contributed by atoms with Crippen molar-refractivity contribution in [1.29, 1.82) is 0 Å². The second kappa shape index (κ2) is 10.7. The number of hydrogen-bond donors (Lipinski definition) is 3. The maximum atomic E-state index is 12.2. The van der Waals surface area contributed by atoms with Crippen molar-refractivity contribution < 1.29 is 23.9 Å². The number of fused-ring (bicyclic) bond motifs is 1. The fourth-order valence-corrected chi connectivity index (χ4v) is 4.17. The lowest BCUT2D eigenvalue weighted by Crippen LogP contribution is -2.40. The molecule has 38 heavy (non-hydrogen) atoms. The molecular formula is C23H24N10O5. The second-order valence-corrected chi connectivity index (χ2v) is 8.52. The molecule has 0 aliphatic carbocycles. The first-order valence-corrected chi connectivity index (χ1v) is 11.6. The maximum absolute atomic E-state index is 12.2. The molecule has 3 aromatic heterocycles. The monoisotopic (exact) mass is 520 g/mol. The highest BCUT2D eigenvalue weighted by molar-refractivity contribution is 5.83. The quantitative estimate of drug-likeness (QED) is 0.167. The van der Waals surface area contributed by atoms with Crippen molar-refractivity contribution >= 4 is 22.9 Å². The van der Waals surface area contributed by atoms with Gasteiger partial charge in [-0.2, -0.15) is 0 Å². The van der Waals surface area contributed by atoms with E-state index >= 15 is 0 Å². The Kier molecular flexibility index (Phi) is 7.04. The van der Waals surface area contributed by atoms with Crippen LogP contribution in [-0.4, -0.2) is 61.0 Å². The fourth-order valence-electron chi connectivity index (χ4n) is 4.17. The van der Waals surface area contributed by atoms with Gasteiger partial charge < -0.3 is 29.7 Å². The molecule has 1 fully saturated rings. The third-order valence-electron chi connectivity index (χ3n) is 5.98. The van der Waals surface area contributed by atoms with E-state index in [9.17, 15) is 9.90 Å². The summed E-state index contributed by atoms with van der Waals surface area (Å²) >= 11 is 0. The average Bonchev–Trinajstić information content (AvgIpc) is 3.64. The molecule has 15 heteroatoms. The number of amides is 1. The average molecular weight is 521 g/mol. The van der Waals surface area contributed by atoms with Gasteiger partial charge in [-0.3, -0.25) is 9.36 Å². The van der Waals surface area contributed by atoms with Gasteiger partial charge in [-0.05, 0) is 30.2 Å². The predicted molar refractivity (Wildman–Crippen MR) is 132 cm³/mol. The van der Waals surface area contributed by atoms with E-state index < -0.39 is 30.4 Å². The number of aryl methyl sites for hydroxylation is 1. The number of aromatic nitrogens is 5. The van der Waals surface area contributed by atoms with Crippen molar-refractivity contribution in [2.24, 2.45) is 5.11 Å². The molecule has 4 unspecified atom stereocenters. The topological polar surface area (TPSA) is 198 Å². The minimum absolute atomic E-state index is 0.262. The SMILES string of the molecule is CNC(=O)C1OC(n2cnc3c(NCc4cccc(OCc5cc(C)no5)c4)ncnc32)C(O)C1N=[N+]=[N-]. The van der Waals surface area contributed by atoms with E-state index in [1.54, 1.807) is 0 Å². The van der Waals surface area contributed by atoms with E-state index in [0.29, 0.717) is 35.0 Å². The number of aliphatic hydroxyl groups excluding tert-OH is 1. The lowest BCUT2D eigenvalue weighted by molar-refractivity contribution is -0.134. The van der Waals surface area contributed by atoms with Crippen LogP contribution in [0.25, 0.3) is 21.6 Å². The number of rotatable bonds is 9. The summed E-state index contributed by atoms with van der Waals surface area (Å²) in [5, 5.41) is 23.9. The van der Waals surface area contributed by atoms with Crippen molar-refractivity contribution in [1.82, 2.24) is 30.0 Å².